The van der Waals surface area contributed by atoms with Crippen LogP contribution in [0.3, 0.4) is 0 Å². The Hall–Kier alpha value is -0.750. The largest absolute Gasteiger partial charge is 0.496 e. The van der Waals surface area contributed by atoms with Crippen molar-refractivity contribution in [3.8, 4) is 5.75 Å². The Morgan fingerprint density at radius 1 is 1.33 bits per heavy atom. The number of hydrogen-bond donors (Lipinski definition) is 1. The van der Waals surface area contributed by atoms with Gasteiger partial charge in [0.1, 0.15) is 5.75 Å². The lowest BCUT2D eigenvalue weighted by atomic mass is 9.94. The molecule has 0 heterocycles. The van der Waals surface area contributed by atoms with Crippen LogP contribution in [-0.2, 0) is 0 Å². The first-order chi connectivity index (χ1) is 9.71. The molecule has 1 atom stereocenters. The van der Waals surface area contributed by atoms with Crippen LogP contribution in [0.5, 0.6) is 5.75 Å². The van der Waals surface area contributed by atoms with E-state index in [1.165, 1.54) is 0 Å². The zero-order chi connectivity index (χ0) is 16.2. The number of ether oxygens (including phenoxy) is 1. The molecule has 0 saturated heterocycles. The second-order valence-corrected chi connectivity index (χ2v) is 5.87. The quantitative estimate of drug-likeness (QED) is 0.757. The van der Waals surface area contributed by atoms with E-state index >= 15 is 0 Å². The van der Waals surface area contributed by atoms with Crippen molar-refractivity contribution in [2.75, 3.05) is 13.7 Å². The van der Waals surface area contributed by atoms with Gasteiger partial charge in [-0.25, -0.2) is 0 Å². The molecule has 2 nitrogen and oxygen atoms in total. The summed E-state index contributed by atoms with van der Waals surface area (Å²) in [4.78, 5) is 0. The number of methoxy groups -OCH3 is 1. The Kier molecular flexibility index (Phi) is 6.53. The van der Waals surface area contributed by atoms with Gasteiger partial charge in [-0.3, -0.25) is 0 Å². The Balaban J connectivity index is 3.23. The lowest BCUT2D eigenvalue weighted by molar-refractivity contribution is -0.136. The molecule has 0 bridgehead atoms. The summed E-state index contributed by atoms with van der Waals surface area (Å²) in [5, 5.41) is 3.14. The van der Waals surface area contributed by atoms with Gasteiger partial charge in [0.15, 0.2) is 0 Å². The van der Waals surface area contributed by atoms with Crippen LogP contribution in [0.25, 0.3) is 0 Å². The van der Waals surface area contributed by atoms with Crippen molar-refractivity contribution in [3.63, 3.8) is 0 Å². The third kappa shape index (κ3) is 4.88. The van der Waals surface area contributed by atoms with Crippen molar-refractivity contribution in [2.24, 2.45) is 0 Å². The average Bonchev–Trinajstić information content (AvgIpc) is 2.37. The summed E-state index contributed by atoms with van der Waals surface area (Å²) in [6.45, 7) is 6.25. The summed E-state index contributed by atoms with van der Waals surface area (Å²) >= 11 is 3.46. The molecule has 1 aromatic carbocycles. The van der Waals surface area contributed by atoms with Crippen molar-refractivity contribution in [1.29, 1.82) is 0 Å². The standard InChI is InChI=1S/C15H21BrF3NO/c1-5-20-12(6-7-15(17,18)19)13-10(3)11(16)8-9(2)14(13)21-4/h8,12,20H,5-7H2,1-4H3. The topological polar surface area (TPSA) is 21.3 Å². The summed E-state index contributed by atoms with van der Waals surface area (Å²) in [6.07, 6.45) is -4.99. The smallest absolute Gasteiger partial charge is 0.389 e. The number of halogens is 4. The predicted molar refractivity (Wildman–Crippen MR) is 81.9 cm³/mol. The molecule has 0 fully saturated rings. The highest BCUT2D eigenvalue weighted by Crippen LogP contribution is 2.39. The van der Waals surface area contributed by atoms with E-state index in [1.54, 1.807) is 7.11 Å². The van der Waals surface area contributed by atoms with E-state index in [-0.39, 0.29) is 12.5 Å². The van der Waals surface area contributed by atoms with Crippen molar-refractivity contribution < 1.29 is 17.9 Å². The van der Waals surface area contributed by atoms with E-state index in [2.05, 4.69) is 21.2 Å². The molecular weight excluding hydrogens is 347 g/mol. The highest BCUT2D eigenvalue weighted by molar-refractivity contribution is 9.10. The van der Waals surface area contributed by atoms with E-state index in [4.69, 9.17) is 4.74 Å². The second-order valence-electron chi connectivity index (χ2n) is 5.01. The minimum absolute atomic E-state index is 0.00949. The van der Waals surface area contributed by atoms with Gasteiger partial charge in [-0.2, -0.15) is 13.2 Å². The van der Waals surface area contributed by atoms with Gasteiger partial charge in [-0.05, 0) is 44.0 Å². The Morgan fingerprint density at radius 2 is 1.95 bits per heavy atom. The first kappa shape index (κ1) is 18.3. The molecule has 0 spiro atoms. The fraction of sp³-hybridized carbons (Fsp3) is 0.600. The van der Waals surface area contributed by atoms with Gasteiger partial charge in [-0.1, -0.05) is 22.9 Å². The van der Waals surface area contributed by atoms with Crippen LogP contribution in [0, 0.1) is 13.8 Å². The molecule has 1 rings (SSSR count). The summed E-state index contributed by atoms with van der Waals surface area (Å²) < 4.78 is 43.9. The van der Waals surface area contributed by atoms with Gasteiger partial charge in [0.25, 0.3) is 0 Å². The van der Waals surface area contributed by atoms with Crippen LogP contribution in [0.1, 0.15) is 42.5 Å². The lowest BCUT2D eigenvalue weighted by Gasteiger charge is -2.25. The Bertz CT molecular complexity index is 489. The molecular formula is C15H21BrF3NO. The zero-order valence-electron chi connectivity index (χ0n) is 12.7. The average molecular weight is 368 g/mol. The van der Waals surface area contributed by atoms with Gasteiger partial charge in [0, 0.05) is 22.5 Å². The normalized spacial score (nSPS) is 13.3. The Morgan fingerprint density at radius 3 is 2.43 bits per heavy atom. The molecule has 1 N–H and O–H groups in total. The van der Waals surface area contributed by atoms with Gasteiger partial charge in [0.05, 0.1) is 7.11 Å². The highest BCUT2D eigenvalue weighted by atomic mass is 79.9. The minimum atomic E-state index is -4.16. The molecule has 1 aromatic rings. The summed E-state index contributed by atoms with van der Waals surface area (Å²) in [5.41, 5.74) is 2.61. The number of rotatable bonds is 6. The minimum Gasteiger partial charge on any atom is -0.496 e. The molecule has 0 aliphatic rings. The fourth-order valence-corrected chi connectivity index (χ4v) is 3.03. The molecule has 0 amide bonds. The first-order valence-electron chi connectivity index (χ1n) is 6.85. The molecule has 0 aliphatic carbocycles. The maximum absolute atomic E-state index is 12.5. The number of nitrogens with one attached hydrogen (secondary N) is 1. The fourth-order valence-electron chi connectivity index (χ4n) is 2.47. The molecule has 0 aliphatic heterocycles. The summed E-state index contributed by atoms with van der Waals surface area (Å²) in [7, 11) is 1.55. The van der Waals surface area contributed by atoms with Crippen LogP contribution in [0.15, 0.2) is 10.5 Å². The SMILES string of the molecule is CCNC(CCC(F)(F)F)c1c(C)c(Br)cc(C)c1OC. The summed E-state index contributed by atoms with van der Waals surface area (Å²) in [6, 6.07) is 1.53. The van der Waals surface area contributed by atoms with E-state index in [1.807, 2.05) is 26.8 Å². The third-order valence-corrected chi connectivity index (χ3v) is 4.25. The van der Waals surface area contributed by atoms with Gasteiger partial charge < -0.3 is 10.1 Å². The number of alkyl halides is 3. The monoisotopic (exact) mass is 367 g/mol. The predicted octanol–water partition coefficient (Wildman–Crippen LogP) is 5.07. The van der Waals surface area contributed by atoms with Gasteiger partial charge in [0.2, 0.25) is 0 Å². The number of benzene rings is 1. The number of aryl methyl sites for hydroxylation is 1. The maximum Gasteiger partial charge on any atom is 0.389 e. The van der Waals surface area contributed by atoms with Crippen LogP contribution in [-0.4, -0.2) is 19.8 Å². The maximum atomic E-state index is 12.5. The van der Waals surface area contributed by atoms with E-state index < -0.39 is 12.6 Å². The number of hydrogen-bond acceptors (Lipinski definition) is 2. The molecule has 120 valence electrons. The van der Waals surface area contributed by atoms with Crippen LogP contribution < -0.4 is 10.1 Å². The molecule has 21 heavy (non-hydrogen) atoms. The van der Waals surface area contributed by atoms with Crippen LogP contribution >= 0.6 is 15.9 Å². The molecule has 0 radical (unpaired) electrons. The van der Waals surface area contributed by atoms with Crippen LogP contribution in [0.4, 0.5) is 13.2 Å². The summed E-state index contributed by atoms with van der Waals surface area (Å²) in [5.74, 6) is 0.656. The molecule has 6 heteroatoms. The van der Waals surface area contributed by atoms with Gasteiger partial charge >= 0.3 is 6.18 Å². The van der Waals surface area contributed by atoms with Crippen molar-refractivity contribution in [1.82, 2.24) is 5.32 Å². The van der Waals surface area contributed by atoms with Gasteiger partial charge in [-0.15, -0.1) is 0 Å². The third-order valence-electron chi connectivity index (χ3n) is 3.43. The second kappa shape index (κ2) is 7.49. The Labute approximate surface area is 132 Å². The first-order valence-corrected chi connectivity index (χ1v) is 7.64. The van der Waals surface area contributed by atoms with E-state index in [9.17, 15) is 13.2 Å². The highest BCUT2D eigenvalue weighted by Gasteiger charge is 2.30. The van der Waals surface area contributed by atoms with E-state index in [0.717, 1.165) is 21.2 Å². The van der Waals surface area contributed by atoms with E-state index in [0.29, 0.717) is 12.3 Å². The van der Waals surface area contributed by atoms with Crippen molar-refractivity contribution >= 4 is 15.9 Å². The zero-order valence-corrected chi connectivity index (χ0v) is 14.3. The molecule has 1 unspecified atom stereocenters. The van der Waals surface area contributed by atoms with Crippen molar-refractivity contribution in [2.45, 2.75) is 45.8 Å². The van der Waals surface area contributed by atoms with Crippen LogP contribution in [0.2, 0.25) is 0 Å². The lowest BCUT2D eigenvalue weighted by Crippen LogP contribution is -2.24. The molecule has 0 aromatic heterocycles. The van der Waals surface area contributed by atoms with Crippen molar-refractivity contribution in [3.05, 3.63) is 27.2 Å². The molecule has 0 saturated carbocycles.